The van der Waals surface area contributed by atoms with E-state index in [1.165, 1.54) is 22.1 Å². The molecule has 1 aromatic carbocycles. The van der Waals surface area contributed by atoms with Gasteiger partial charge in [-0.15, -0.1) is 9.24 Å². The average molecular weight is 237 g/mol. The lowest BCUT2D eigenvalue weighted by Crippen LogP contribution is -2.17. The number of aryl methyl sites for hydroxylation is 1. The van der Waals surface area contributed by atoms with Gasteiger partial charge >= 0.3 is 0 Å². The summed E-state index contributed by atoms with van der Waals surface area (Å²) in [4.78, 5) is 0. The second-order valence-electron chi connectivity index (χ2n) is 5.19. The van der Waals surface area contributed by atoms with E-state index in [2.05, 4.69) is 61.3 Å². The van der Waals surface area contributed by atoms with Crippen molar-refractivity contribution in [1.29, 1.82) is 0 Å². The lowest BCUT2D eigenvalue weighted by molar-refractivity contribution is 0.689. The maximum atomic E-state index is 3.56. The van der Waals surface area contributed by atoms with Crippen molar-refractivity contribution in [2.45, 2.75) is 40.5 Å². The molecule has 0 aromatic heterocycles. The van der Waals surface area contributed by atoms with Gasteiger partial charge in [-0.1, -0.05) is 39.8 Å². The van der Waals surface area contributed by atoms with Gasteiger partial charge in [0.1, 0.15) is 0 Å². The zero-order valence-corrected chi connectivity index (χ0v) is 12.2. The third kappa shape index (κ3) is 3.22. The van der Waals surface area contributed by atoms with Crippen molar-refractivity contribution < 1.29 is 0 Å². The molecule has 0 heterocycles. The fourth-order valence-corrected chi connectivity index (χ4v) is 2.55. The second-order valence-corrected chi connectivity index (χ2v) is 5.77. The first-order chi connectivity index (χ1) is 7.43. The van der Waals surface area contributed by atoms with Gasteiger partial charge in [0.2, 0.25) is 0 Å². The van der Waals surface area contributed by atoms with Crippen LogP contribution in [0.5, 0.6) is 0 Å². The highest BCUT2D eigenvalue weighted by atomic mass is 31.0. The predicted molar refractivity (Wildman–Crippen MR) is 77.9 cm³/mol. The Hall–Kier alpha value is -0.550. The minimum atomic E-state index is 0.577. The van der Waals surface area contributed by atoms with Crippen LogP contribution in [0.4, 0.5) is 5.69 Å². The molecule has 0 saturated carbocycles. The van der Waals surface area contributed by atoms with Crippen LogP contribution >= 0.6 is 9.24 Å². The fraction of sp³-hybridized carbons (Fsp3) is 0.571. The molecule has 0 saturated heterocycles. The van der Waals surface area contributed by atoms with Crippen molar-refractivity contribution in [2.75, 3.05) is 11.9 Å². The van der Waals surface area contributed by atoms with Crippen LogP contribution in [0, 0.1) is 12.8 Å². The molecule has 16 heavy (non-hydrogen) atoms. The van der Waals surface area contributed by atoms with Gasteiger partial charge in [-0.05, 0) is 35.2 Å². The van der Waals surface area contributed by atoms with E-state index in [0.29, 0.717) is 11.8 Å². The molecule has 1 N–H and O–H groups in total. The normalized spacial score (nSPS) is 11.2. The van der Waals surface area contributed by atoms with Crippen LogP contribution in [-0.4, -0.2) is 6.54 Å². The Morgan fingerprint density at radius 3 is 2.31 bits per heavy atom. The number of hydrogen-bond donors (Lipinski definition) is 1. The van der Waals surface area contributed by atoms with Gasteiger partial charge < -0.3 is 5.32 Å². The Morgan fingerprint density at radius 1 is 1.19 bits per heavy atom. The molecule has 0 amide bonds. The van der Waals surface area contributed by atoms with Crippen LogP contribution in [-0.2, 0) is 0 Å². The highest BCUT2D eigenvalue weighted by Gasteiger charge is 2.10. The smallest absolute Gasteiger partial charge is 0.0445 e. The van der Waals surface area contributed by atoms with Crippen LogP contribution in [0.2, 0.25) is 0 Å². The molecule has 90 valence electrons. The minimum absolute atomic E-state index is 0.577. The molecule has 1 nitrogen and oxygen atoms in total. The lowest BCUT2D eigenvalue weighted by atomic mass is 10.00. The van der Waals surface area contributed by atoms with Gasteiger partial charge in [0.25, 0.3) is 0 Å². The molecule has 0 aliphatic carbocycles. The first kappa shape index (κ1) is 13.5. The maximum Gasteiger partial charge on any atom is 0.0445 e. The molecule has 0 spiro atoms. The topological polar surface area (TPSA) is 12.0 Å². The second kappa shape index (κ2) is 5.68. The van der Waals surface area contributed by atoms with Crippen molar-refractivity contribution in [3.8, 4) is 0 Å². The van der Waals surface area contributed by atoms with E-state index in [1.54, 1.807) is 0 Å². The highest BCUT2D eigenvalue weighted by Crippen LogP contribution is 2.22. The summed E-state index contributed by atoms with van der Waals surface area (Å²) in [7, 11) is 2.89. The van der Waals surface area contributed by atoms with Gasteiger partial charge in [0, 0.05) is 12.2 Å². The summed E-state index contributed by atoms with van der Waals surface area (Å²) in [6.07, 6.45) is 0. The number of anilines is 1. The maximum absolute atomic E-state index is 3.56. The zero-order valence-electron chi connectivity index (χ0n) is 11.1. The van der Waals surface area contributed by atoms with Crippen molar-refractivity contribution in [2.24, 2.45) is 5.92 Å². The van der Waals surface area contributed by atoms with Gasteiger partial charge in [0.15, 0.2) is 0 Å². The van der Waals surface area contributed by atoms with Crippen molar-refractivity contribution in [3.63, 3.8) is 0 Å². The molecule has 0 fully saturated rings. The molecule has 0 radical (unpaired) electrons. The Balaban J connectivity index is 3.01. The summed E-state index contributed by atoms with van der Waals surface area (Å²) in [6.45, 7) is 12.1. The van der Waals surface area contributed by atoms with Crippen LogP contribution in [0.1, 0.15) is 44.7 Å². The number of rotatable bonds is 4. The molecule has 1 rings (SSSR count). The Morgan fingerprint density at radius 2 is 1.81 bits per heavy atom. The quantitative estimate of drug-likeness (QED) is 0.788. The van der Waals surface area contributed by atoms with E-state index in [-0.39, 0.29) is 0 Å². The summed E-state index contributed by atoms with van der Waals surface area (Å²) >= 11 is 0. The molecular weight excluding hydrogens is 213 g/mol. The summed E-state index contributed by atoms with van der Waals surface area (Å²) in [6, 6.07) is 4.45. The molecule has 1 unspecified atom stereocenters. The van der Waals surface area contributed by atoms with Crippen LogP contribution in [0.25, 0.3) is 0 Å². The molecule has 0 aliphatic rings. The van der Waals surface area contributed by atoms with Crippen LogP contribution < -0.4 is 10.6 Å². The molecule has 1 atom stereocenters. The van der Waals surface area contributed by atoms with Crippen LogP contribution in [0.3, 0.4) is 0 Å². The SMILES string of the molecule is Cc1ccc(C(C)C)c(P)c1NCC(C)C. The van der Waals surface area contributed by atoms with E-state index in [4.69, 9.17) is 0 Å². The summed E-state index contributed by atoms with van der Waals surface area (Å²) in [5, 5.41) is 4.88. The van der Waals surface area contributed by atoms with E-state index < -0.39 is 0 Å². The Labute approximate surface area is 102 Å². The van der Waals surface area contributed by atoms with Gasteiger partial charge in [0.05, 0.1) is 0 Å². The van der Waals surface area contributed by atoms with Crippen molar-refractivity contribution in [3.05, 3.63) is 23.3 Å². The van der Waals surface area contributed by atoms with Gasteiger partial charge in [-0.3, -0.25) is 0 Å². The summed E-state index contributed by atoms with van der Waals surface area (Å²) < 4.78 is 0. The third-order valence-corrected chi connectivity index (χ3v) is 3.42. The Bertz CT molecular complexity index is 356. The standard InChI is InChI=1S/C14H24NP/c1-9(2)8-15-13-11(5)6-7-12(10(3)4)14(13)16/h6-7,9-10,15H,8,16H2,1-5H3. The first-order valence-electron chi connectivity index (χ1n) is 6.06. The van der Waals surface area contributed by atoms with E-state index in [1.807, 2.05) is 0 Å². The molecule has 1 aromatic rings. The van der Waals surface area contributed by atoms with Gasteiger partial charge in [-0.2, -0.15) is 0 Å². The average Bonchev–Trinajstić information content (AvgIpc) is 2.16. The third-order valence-electron chi connectivity index (χ3n) is 2.80. The lowest BCUT2D eigenvalue weighted by Gasteiger charge is -2.18. The van der Waals surface area contributed by atoms with E-state index >= 15 is 0 Å². The first-order valence-corrected chi connectivity index (χ1v) is 6.64. The van der Waals surface area contributed by atoms with Crippen LogP contribution in [0.15, 0.2) is 12.1 Å². The number of hydrogen-bond acceptors (Lipinski definition) is 1. The monoisotopic (exact) mass is 237 g/mol. The molecule has 0 aliphatic heterocycles. The molecular formula is C14H24NP. The molecule has 0 bridgehead atoms. The summed E-state index contributed by atoms with van der Waals surface area (Å²) in [5.74, 6) is 1.25. The predicted octanol–water partition coefficient (Wildman–Crippen LogP) is 3.69. The molecule has 2 heteroatoms. The number of nitrogens with one attached hydrogen (secondary N) is 1. The largest absolute Gasteiger partial charge is 0.384 e. The van der Waals surface area contributed by atoms with E-state index in [0.717, 1.165) is 6.54 Å². The van der Waals surface area contributed by atoms with E-state index in [9.17, 15) is 0 Å². The Kier molecular flexibility index (Phi) is 4.80. The minimum Gasteiger partial charge on any atom is -0.384 e. The van der Waals surface area contributed by atoms with Crippen molar-refractivity contribution >= 4 is 20.2 Å². The zero-order chi connectivity index (χ0) is 12.3. The fourth-order valence-electron chi connectivity index (χ4n) is 1.79. The highest BCUT2D eigenvalue weighted by molar-refractivity contribution is 7.28. The number of benzene rings is 1. The van der Waals surface area contributed by atoms with Gasteiger partial charge in [-0.25, -0.2) is 0 Å². The van der Waals surface area contributed by atoms with Crippen molar-refractivity contribution in [1.82, 2.24) is 0 Å². The summed E-state index contributed by atoms with van der Waals surface area (Å²) in [5.41, 5.74) is 4.04.